The number of amides is 2. The van der Waals surface area contributed by atoms with Gasteiger partial charge in [0.25, 0.3) is 5.91 Å². The Hall–Kier alpha value is -4.02. The van der Waals surface area contributed by atoms with Gasteiger partial charge in [-0.3, -0.25) is 9.59 Å². The fraction of sp³-hybridized carbons (Fsp3) is 0.276. The van der Waals surface area contributed by atoms with Crippen molar-refractivity contribution in [3.05, 3.63) is 83.9 Å². The molecule has 0 radical (unpaired) electrons. The Morgan fingerprint density at radius 2 is 1.67 bits per heavy atom. The van der Waals surface area contributed by atoms with Gasteiger partial charge in [-0.25, -0.2) is 13.2 Å². The lowest BCUT2D eigenvalue weighted by atomic mass is 10.0. The number of nitrogens with one attached hydrogen (secondary N) is 1. The van der Waals surface area contributed by atoms with Crippen LogP contribution in [0.1, 0.15) is 22.3 Å². The maximum atomic E-state index is 13.1. The van der Waals surface area contributed by atoms with Crippen LogP contribution in [0.15, 0.2) is 82.6 Å². The Labute approximate surface area is 226 Å². The van der Waals surface area contributed by atoms with Crippen LogP contribution in [0.3, 0.4) is 0 Å². The van der Waals surface area contributed by atoms with Crippen molar-refractivity contribution in [3.8, 4) is 11.1 Å². The van der Waals surface area contributed by atoms with E-state index in [2.05, 4.69) is 5.32 Å². The molecule has 2 aliphatic rings. The number of hydrogen-bond donors (Lipinski definition) is 1. The van der Waals surface area contributed by atoms with E-state index in [1.807, 2.05) is 30.3 Å². The van der Waals surface area contributed by atoms with Crippen LogP contribution in [0, 0.1) is 5.92 Å². The van der Waals surface area contributed by atoms with Crippen LogP contribution in [-0.2, 0) is 35.5 Å². The van der Waals surface area contributed by atoms with E-state index in [-0.39, 0.29) is 34.4 Å². The lowest BCUT2D eigenvalue weighted by Crippen LogP contribution is -2.46. The van der Waals surface area contributed by atoms with E-state index >= 15 is 0 Å². The second-order valence-electron chi connectivity index (χ2n) is 9.61. The van der Waals surface area contributed by atoms with Crippen LogP contribution in [-0.4, -0.2) is 63.9 Å². The molecule has 0 unspecified atom stereocenters. The van der Waals surface area contributed by atoms with Gasteiger partial charge in [0.05, 0.1) is 22.9 Å². The molecule has 9 nitrogen and oxygen atoms in total. The van der Waals surface area contributed by atoms with E-state index in [0.717, 1.165) is 5.56 Å². The van der Waals surface area contributed by atoms with Crippen LogP contribution in [0.25, 0.3) is 11.1 Å². The molecule has 2 aliphatic heterocycles. The summed E-state index contributed by atoms with van der Waals surface area (Å²) in [5, 5.41) is 2.57. The Bertz CT molecular complexity index is 1520. The monoisotopic (exact) mass is 548 g/mol. The Morgan fingerprint density at radius 1 is 0.949 bits per heavy atom. The third kappa shape index (κ3) is 5.30. The molecule has 0 aromatic heterocycles. The van der Waals surface area contributed by atoms with Gasteiger partial charge in [0.2, 0.25) is 15.7 Å². The number of nitrogens with zero attached hydrogens (tertiary/aromatic N) is 1. The molecule has 1 fully saturated rings. The molecule has 202 valence electrons. The molecule has 0 spiro atoms. The summed E-state index contributed by atoms with van der Waals surface area (Å²) >= 11 is 0. The summed E-state index contributed by atoms with van der Waals surface area (Å²) in [6.07, 6.45) is 0.393. The number of methoxy groups -OCH3 is 1. The van der Waals surface area contributed by atoms with Gasteiger partial charge in [0.1, 0.15) is 12.6 Å². The second kappa shape index (κ2) is 11.0. The summed E-state index contributed by atoms with van der Waals surface area (Å²) in [6.45, 7) is 0.410. The van der Waals surface area contributed by atoms with Crippen LogP contribution in [0.4, 0.5) is 0 Å². The first-order valence-electron chi connectivity index (χ1n) is 12.6. The molecule has 1 N–H and O–H groups in total. The largest absolute Gasteiger partial charge is 0.459 e. The highest BCUT2D eigenvalue weighted by atomic mass is 32.2. The van der Waals surface area contributed by atoms with E-state index in [0.29, 0.717) is 30.7 Å². The van der Waals surface area contributed by atoms with Crippen molar-refractivity contribution >= 4 is 27.6 Å². The quantitative estimate of drug-likeness (QED) is 0.336. The van der Waals surface area contributed by atoms with Gasteiger partial charge in [0, 0.05) is 36.3 Å². The smallest absolute Gasteiger partial charge is 0.329 e. The van der Waals surface area contributed by atoms with Gasteiger partial charge in [-0.2, -0.15) is 0 Å². The number of likely N-dealkylation sites (tertiary alicyclic amines) is 1. The zero-order valence-electron chi connectivity index (χ0n) is 21.3. The summed E-state index contributed by atoms with van der Waals surface area (Å²) < 4.78 is 36.7. The molecule has 5 rings (SSSR count). The van der Waals surface area contributed by atoms with E-state index in [1.54, 1.807) is 31.4 Å². The summed E-state index contributed by atoms with van der Waals surface area (Å²) in [4.78, 5) is 40.6. The van der Waals surface area contributed by atoms with Gasteiger partial charge in [-0.05, 0) is 30.2 Å². The van der Waals surface area contributed by atoms with Crippen LogP contribution >= 0.6 is 0 Å². The first-order valence-corrected chi connectivity index (χ1v) is 14.0. The Balaban J connectivity index is 1.25. The number of carbonyl (C=O) groups excluding carboxylic acids is 3. The Kier molecular flexibility index (Phi) is 7.49. The first-order chi connectivity index (χ1) is 18.8. The fourth-order valence-corrected chi connectivity index (χ4v) is 6.83. The third-order valence-corrected chi connectivity index (χ3v) is 8.86. The van der Waals surface area contributed by atoms with Crippen molar-refractivity contribution in [3.63, 3.8) is 0 Å². The van der Waals surface area contributed by atoms with Crippen LogP contribution < -0.4 is 5.32 Å². The van der Waals surface area contributed by atoms with E-state index in [1.165, 1.54) is 23.1 Å². The predicted octanol–water partition coefficient (Wildman–Crippen LogP) is 2.84. The number of fused-ring (bicyclic) bond motifs is 3. The number of rotatable bonds is 8. The minimum Gasteiger partial charge on any atom is -0.459 e. The van der Waals surface area contributed by atoms with Crippen LogP contribution in [0.2, 0.25) is 0 Å². The highest BCUT2D eigenvalue weighted by Crippen LogP contribution is 2.43. The minimum atomic E-state index is -3.74. The summed E-state index contributed by atoms with van der Waals surface area (Å²) in [5.41, 5.74) is 2.09. The van der Waals surface area contributed by atoms with Crippen molar-refractivity contribution in [2.45, 2.75) is 28.9 Å². The first kappa shape index (κ1) is 26.6. The van der Waals surface area contributed by atoms with Gasteiger partial charge >= 0.3 is 5.97 Å². The highest BCUT2D eigenvalue weighted by molar-refractivity contribution is 7.92. The number of benzene rings is 3. The molecule has 39 heavy (non-hydrogen) atoms. The van der Waals surface area contributed by atoms with Crippen molar-refractivity contribution < 1.29 is 32.3 Å². The maximum Gasteiger partial charge on any atom is 0.329 e. The summed E-state index contributed by atoms with van der Waals surface area (Å²) in [6, 6.07) is 19.6. The molecule has 2 atom stereocenters. The lowest BCUT2D eigenvalue weighted by Gasteiger charge is -2.23. The molecule has 0 saturated carbocycles. The topological polar surface area (TPSA) is 119 Å². The molecule has 3 aromatic rings. The molecular weight excluding hydrogens is 520 g/mol. The van der Waals surface area contributed by atoms with Crippen molar-refractivity contribution in [1.29, 1.82) is 0 Å². The average molecular weight is 549 g/mol. The maximum absolute atomic E-state index is 13.1. The van der Waals surface area contributed by atoms with E-state index < -0.39 is 33.7 Å². The standard InChI is InChI=1S/C29H28N2O7S/c1-37-17-20-13-24(29(34)38-18-19-7-3-2-4-8-19)31(16-20)27(32)15-30-28(33)21-11-12-23-22-9-5-6-10-25(22)39(35,36)26(23)14-21/h2-12,14,20,24H,13,15-18H2,1H3,(H,30,33)/t20-,24-/m0/s1. The van der Waals surface area contributed by atoms with Gasteiger partial charge in [-0.1, -0.05) is 54.6 Å². The van der Waals surface area contributed by atoms with Crippen molar-refractivity contribution in [2.75, 3.05) is 26.8 Å². The third-order valence-electron chi connectivity index (χ3n) is 7.01. The Morgan fingerprint density at radius 3 is 2.44 bits per heavy atom. The highest BCUT2D eigenvalue weighted by Gasteiger charge is 2.40. The van der Waals surface area contributed by atoms with E-state index in [4.69, 9.17) is 9.47 Å². The van der Waals surface area contributed by atoms with Crippen LogP contribution in [0.5, 0.6) is 0 Å². The molecule has 0 bridgehead atoms. The summed E-state index contributed by atoms with van der Waals surface area (Å²) in [5.74, 6) is -1.59. The molecular formula is C29H28N2O7S. The average Bonchev–Trinajstić information content (AvgIpc) is 3.48. The predicted molar refractivity (Wildman–Crippen MR) is 141 cm³/mol. The van der Waals surface area contributed by atoms with E-state index in [9.17, 15) is 22.8 Å². The minimum absolute atomic E-state index is 0.0486. The molecule has 1 saturated heterocycles. The zero-order valence-corrected chi connectivity index (χ0v) is 22.1. The molecule has 2 heterocycles. The number of carbonyl (C=O) groups is 3. The number of ether oxygens (including phenoxy) is 2. The number of esters is 1. The fourth-order valence-electron chi connectivity index (χ4n) is 5.11. The van der Waals surface area contributed by atoms with Gasteiger partial charge in [-0.15, -0.1) is 0 Å². The zero-order chi connectivity index (χ0) is 27.6. The van der Waals surface area contributed by atoms with Crippen molar-refractivity contribution in [2.24, 2.45) is 5.92 Å². The molecule has 10 heteroatoms. The number of sulfone groups is 1. The second-order valence-corrected chi connectivity index (χ2v) is 11.5. The molecule has 0 aliphatic carbocycles. The SMILES string of the molecule is COC[C@H]1C[C@@H](C(=O)OCc2ccccc2)N(C(=O)CNC(=O)c2ccc3c(c2)S(=O)(=O)c2ccccc2-3)C1. The number of hydrogen-bond acceptors (Lipinski definition) is 7. The normalized spacial score (nSPS) is 18.7. The summed E-state index contributed by atoms with van der Waals surface area (Å²) in [7, 11) is -2.18. The van der Waals surface area contributed by atoms with Crippen molar-refractivity contribution in [1.82, 2.24) is 10.2 Å². The molecule has 2 amide bonds. The van der Waals surface area contributed by atoms with Gasteiger partial charge < -0.3 is 19.7 Å². The van der Waals surface area contributed by atoms with Gasteiger partial charge in [0.15, 0.2) is 0 Å². The lowest BCUT2D eigenvalue weighted by molar-refractivity contribution is -0.154. The molecule has 3 aromatic carbocycles.